The Balaban J connectivity index is 1.16. The van der Waals surface area contributed by atoms with Crippen molar-refractivity contribution in [1.29, 1.82) is 0 Å². The fraction of sp³-hybridized carbons (Fsp3) is 0.111. The molecule has 0 saturated carbocycles. The van der Waals surface area contributed by atoms with Gasteiger partial charge in [-0.2, -0.15) is 0 Å². The van der Waals surface area contributed by atoms with E-state index in [9.17, 15) is 9.59 Å². The summed E-state index contributed by atoms with van der Waals surface area (Å²) >= 11 is 0. The summed E-state index contributed by atoms with van der Waals surface area (Å²) in [6.45, 7) is 3.36. The van der Waals surface area contributed by atoms with Crippen LogP contribution in [0.3, 0.4) is 0 Å². The van der Waals surface area contributed by atoms with Gasteiger partial charge in [-0.15, -0.1) is 0 Å². The van der Waals surface area contributed by atoms with Gasteiger partial charge in [0.05, 0.1) is 11.4 Å². The van der Waals surface area contributed by atoms with Crippen LogP contribution in [0, 0.1) is 0 Å². The van der Waals surface area contributed by atoms with Crippen molar-refractivity contribution in [2.24, 2.45) is 0 Å². The highest BCUT2D eigenvalue weighted by Crippen LogP contribution is 2.26. The van der Waals surface area contributed by atoms with E-state index in [-0.39, 0.29) is 11.8 Å². The molecule has 0 saturated heterocycles. The lowest BCUT2D eigenvalue weighted by molar-refractivity contribution is -0.122. The Bertz CT molecular complexity index is 1500. The zero-order valence-electron chi connectivity index (χ0n) is 23.5. The van der Waals surface area contributed by atoms with E-state index < -0.39 is 12.2 Å². The third kappa shape index (κ3) is 7.23. The van der Waals surface area contributed by atoms with Crippen LogP contribution in [-0.2, 0) is 9.59 Å². The Morgan fingerprint density at radius 1 is 0.452 bits per heavy atom. The van der Waals surface area contributed by atoms with E-state index in [1.54, 1.807) is 38.1 Å². The molecular formula is C36H32N2O4. The van der Waals surface area contributed by atoms with E-state index in [2.05, 4.69) is 10.6 Å². The maximum Gasteiger partial charge on any atom is 0.265 e. The first kappa shape index (κ1) is 28.2. The number of nitrogens with one attached hydrogen (secondary N) is 2. The van der Waals surface area contributed by atoms with Crippen LogP contribution in [-0.4, -0.2) is 24.0 Å². The third-order valence-electron chi connectivity index (χ3n) is 6.73. The SMILES string of the molecule is CC(Oc1ccc(-c2ccccc2)cc1)C(=O)Nc1ccccc1NC(=O)C(C)Oc1ccc(-c2ccccc2)cc1. The van der Waals surface area contributed by atoms with E-state index >= 15 is 0 Å². The molecule has 0 aliphatic carbocycles. The number of carbonyl (C=O) groups is 2. The van der Waals surface area contributed by atoms with E-state index in [0.29, 0.717) is 22.9 Å². The number of hydrogen-bond donors (Lipinski definition) is 2. The highest BCUT2D eigenvalue weighted by atomic mass is 16.5. The van der Waals surface area contributed by atoms with Crippen LogP contribution in [0.2, 0.25) is 0 Å². The van der Waals surface area contributed by atoms with Gasteiger partial charge in [0.2, 0.25) is 0 Å². The maximum atomic E-state index is 13.0. The van der Waals surface area contributed by atoms with Crippen LogP contribution >= 0.6 is 0 Å². The predicted molar refractivity (Wildman–Crippen MR) is 168 cm³/mol. The van der Waals surface area contributed by atoms with Crippen LogP contribution in [0.4, 0.5) is 11.4 Å². The minimum atomic E-state index is -0.766. The van der Waals surface area contributed by atoms with Crippen molar-refractivity contribution in [3.63, 3.8) is 0 Å². The van der Waals surface area contributed by atoms with Crippen molar-refractivity contribution in [3.8, 4) is 33.8 Å². The average Bonchev–Trinajstić information content (AvgIpc) is 3.03. The molecule has 2 N–H and O–H groups in total. The molecule has 5 aromatic carbocycles. The van der Waals surface area contributed by atoms with E-state index in [4.69, 9.17) is 9.47 Å². The van der Waals surface area contributed by atoms with Gasteiger partial charge in [-0.1, -0.05) is 97.1 Å². The minimum Gasteiger partial charge on any atom is -0.481 e. The van der Waals surface area contributed by atoms with Crippen molar-refractivity contribution < 1.29 is 19.1 Å². The molecule has 0 spiro atoms. The second kappa shape index (κ2) is 13.3. The molecule has 2 amide bonds. The molecule has 0 fully saturated rings. The lowest BCUT2D eigenvalue weighted by Crippen LogP contribution is -2.32. The molecule has 0 aliphatic rings. The summed E-state index contributed by atoms with van der Waals surface area (Å²) in [6, 6.07) is 42.3. The molecule has 5 rings (SSSR count). The van der Waals surface area contributed by atoms with Crippen molar-refractivity contribution in [2.45, 2.75) is 26.1 Å². The molecule has 5 aromatic rings. The number of hydrogen-bond acceptors (Lipinski definition) is 4. The van der Waals surface area contributed by atoms with Gasteiger partial charge < -0.3 is 20.1 Å². The summed E-state index contributed by atoms with van der Waals surface area (Å²) in [5.41, 5.74) is 5.26. The summed E-state index contributed by atoms with van der Waals surface area (Å²) in [7, 11) is 0. The summed E-state index contributed by atoms with van der Waals surface area (Å²) in [5.74, 6) is 0.488. The van der Waals surface area contributed by atoms with Crippen LogP contribution in [0.5, 0.6) is 11.5 Å². The fourth-order valence-electron chi connectivity index (χ4n) is 4.40. The number of amides is 2. The Morgan fingerprint density at radius 3 is 1.12 bits per heavy atom. The first-order valence-corrected chi connectivity index (χ1v) is 13.8. The largest absolute Gasteiger partial charge is 0.481 e. The maximum absolute atomic E-state index is 13.0. The number of anilines is 2. The molecule has 210 valence electrons. The van der Waals surface area contributed by atoms with Crippen LogP contribution in [0.1, 0.15) is 13.8 Å². The van der Waals surface area contributed by atoms with Gasteiger partial charge in [0.25, 0.3) is 11.8 Å². The standard InChI is InChI=1S/C36H32N2O4/c1-25(41-31-21-17-29(18-22-31)27-11-5-3-6-12-27)35(39)37-33-15-9-10-16-34(33)38-36(40)26(2)42-32-23-19-30(20-24-32)28-13-7-4-8-14-28/h3-26H,1-2H3,(H,37,39)(H,38,40). The van der Waals surface area contributed by atoms with Gasteiger partial charge >= 0.3 is 0 Å². The monoisotopic (exact) mass is 556 g/mol. The van der Waals surface area contributed by atoms with Gasteiger partial charge in [-0.3, -0.25) is 9.59 Å². The Labute approximate surface area is 245 Å². The Hall–Kier alpha value is -5.36. The highest BCUT2D eigenvalue weighted by Gasteiger charge is 2.19. The van der Waals surface area contributed by atoms with Gasteiger partial charge in [-0.25, -0.2) is 0 Å². The molecule has 0 heterocycles. The smallest absolute Gasteiger partial charge is 0.265 e. The predicted octanol–water partition coefficient (Wildman–Crippen LogP) is 7.83. The molecule has 6 nitrogen and oxygen atoms in total. The van der Waals surface area contributed by atoms with Crippen molar-refractivity contribution in [2.75, 3.05) is 10.6 Å². The molecule has 2 atom stereocenters. The molecule has 2 unspecified atom stereocenters. The second-order valence-corrected chi connectivity index (χ2v) is 9.83. The molecule has 0 aromatic heterocycles. The Morgan fingerprint density at radius 2 is 0.762 bits per heavy atom. The summed E-state index contributed by atoms with van der Waals surface area (Å²) < 4.78 is 11.8. The van der Waals surface area contributed by atoms with Crippen molar-refractivity contribution >= 4 is 23.2 Å². The van der Waals surface area contributed by atoms with Gasteiger partial charge in [-0.05, 0) is 72.5 Å². The molecule has 42 heavy (non-hydrogen) atoms. The zero-order valence-corrected chi connectivity index (χ0v) is 23.5. The fourth-order valence-corrected chi connectivity index (χ4v) is 4.40. The number of para-hydroxylation sites is 2. The zero-order chi connectivity index (χ0) is 29.3. The van der Waals surface area contributed by atoms with E-state index in [0.717, 1.165) is 22.3 Å². The van der Waals surface area contributed by atoms with E-state index in [1.165, 1.54) is 0 Å². The normalized spacial score (nSPS) is 12.0. The second-order valence-electron chi connectivity index (χ2n) is 9.83. The van der Waals surface area contributed by atoms with Crippen molar-refractivity contribution in [1.82, 2.24) is 0 Å². The Kier molecular flexibility index (Phi) is 8.94. The number of benzene rings is 5. The lowest BCUT2D eigenvalue weighted by Gasteiger charge is -2.19. The summed E-state index contributed by atoms with van der Waals surface area (Å²) in [5, 5.41) is 5.73. The van der Waals surface area contributed by atoms with Crippen LogP contribution in [0.15, 0.2) is 133 Å². The highest BCUT2D eigenvalue weighted by molar-refractivity contribution is 6.02. The first-order chi connectivity index (χ1) is 20.5. The third-order valence-corrected chi connectivity index (χ3v) is 6.73. The topological polar surface area (TPSA) is 76.7 Å². The van der Waals surface area contributed by atoms with Crippen LogP contribution in [0.25, 0.3) is 22.3 Å². The number of carbonyl (C=O) groups excluding carboxylic acids is 2. The summed E-state index contributed by atoms with van der Waals surface area (Å²) in [4.78, 5) is 25.9. The number of rotatable bonds is 10. The molecule has 0 aliphatic heterocycles. The van der Waals surface area contributed by atoms with E-state index in [1.807, 2.05) is 109 Å². The number of ether oxygens (including phenoxy) is 2. The van der Waals surface area contributed by atoms with Gasteiger partial charge in [0.1, 0.15) is 11.5 Å². The molecule has 6 heteroatoms. The molecular weight excluding hydrogens is 524 g/mol. The molecule has 0 radical (unpaired) electrons. The lowest BCUT2D eigenvalue weighted by atomic mass is 10.1. The van der Waals surface area contributed by atoms with Gasteiger partial charge in [0, 0.05) is 0 Å². The van der Waals surface area contributed by atoms with Crippen molar-refractivity contribution in [3.05, 3.63) is 133 Å². The molecule has 0 bridgehead atoms. The average molecular weight is 557 g/mol. The summed E-state index contributed by atoms with van der Waals surface area (Å²) in [6.07, 6.45) is -1.53. The minimum absolute atomic E-state index is 0.341. The van der Waals surface area contributed by atoms with Gasteiger partial charge in [0.15, 0.2) is 12.2 Å². The first-order valence-electron chi connectivity index (χ1n) is 13.8. The quantitative estimate of drug-likeness (QED) is 0.184. The van der Waals surface area contributed by atoms with Crippen LogP contribution < -0.4 is 20.1 Å².